The summed E-state index contributed by atoms with van der Waals surface area (Å²) in [6.45, 7) is 1.97. The van der Waals surface area contributed by atoms with E-state index in [-0.39, 0.29) is 11.9 Å². The summed E-state index contributed by atoms with van der Waals surface area (Å²) in [4.78, 5) is 0. The van der Waals surface area contributed by atoms with Crippen molar-refractivity contribution < 1.29 is 9.13 Å². The monoisotopic (exact) mass is 396 g/mol. The molecule has 0 spiro atoms. The highest BCUT2D eigenvalue weighted by Crippen LogP contribution is 2.37. The first-order valence-corrected chi connectivity index (χ1v) is 9.21. The first-order chi connectivity index (χ1) is 12.1. The number of hydrogen-bond donors (Lipinski definition) is 0. The molecular weight excluding hydrogens is 379 g/mol. The molecule has 0 amide bonds. The molecule has 4 rings (SSSR count). The Kier molecular flexibility index (Phi) is 4.34. The molecule has 1 unspecified atom stereocenters. The first kappa shape index (κ1) is 16.3. The van der Waals surface area contributed by atoms with Crippen LogP contribution in [-0.4, -0.2) is 0 Å². The number of hydrogen-bond acceptors (Lipinski definition) is 1. The lowest BCUT2D eigenvalue weighted by Gasteiger charge is -2.26. The minimum atomic E-state index is -0.189. The van der Waals surface area contributed by atoms with E-state index in [1.165, 1.54) is 11.6 Å². The van der Waals surface area contributed by atoms with Gasteiger partial charge in [-0.15, -0.1) is 0 Å². The summed E-state index contributed by atoms with van der Waals surface area (Å²) in [6, 6.07) is 19.4. The molecular formula is C22H18BrFO. The van der Waals surface area contributed by atoms with Crippen LogP contribution >= 0.6 is 15.9 Å². The van der Waals surface area contributed by atoms with Crippen LogP contribution < -0.4 is 4.74 Å². The largest absolute Gasteiger partial charge is 0.485 e. The van der Waals surface area contributed by atoms with E-state index in [9.17, 15) is 4.39 Å². The van der Waals surface area contributed by atoms with E-state index in [4.69, 9.17) is 4.74 Å². The molecule has 0 N–H and O–H groups in total. The highest BCUT2D eigenvalue weighted by Gasteiger charge is 2.21. The topological polar surface area (TPSA) is 9.23 Å². The molecule has 1 aliphatic heterocycles. The lowest BCUT2D eigenvalue weighted by molar-refractivity contribution is 0.176. The van der Waals surface area contributed by atoms with Crippen LogP contribution in [0.4, 0.5) is 4.39 Å². The average molecular weight is 397 g/mol. The summed E-state index contributed by atoms with van der Waals surface area (Å²) in [6.07, 6.45) is 1.99. The van der Waals surface area contributed by atoms with E-state index >= 15 is 0 Å². The van der Waals surface area contributed by atoms with Gasteiger partial charge in [-0.25, -0.2) is 4.39 Å². The first-order valence-electron chi connectivity index (χ1n) is 8.42. The number of ether oxygens (including phenoxy) is 1. The Hall–Kier alpha value is -2.13. The van der Waals surface area contributed by atoms with E-state index in [0.29, 0.717) is 5.56 Å². The molecule has 1 nitrogen and oxygen atoms in total. The van der Waals surface area contributed by atoms with Gasteiger partial charge in [-0.1, -0.05) is 57.9 Å². The van der Waals surface area contributed by atoms with Gasteiger partial charge in [-0.05, 0) is 60.7 Å². The van der Waals surface area contributed by atoms with Gasteiger partial charge < -0.3 is 4.74 Å². The Morgan fingerprint density at radius 3 is 2.60 bits per heavy atom. The van der Waals surface area contributed by atoms with E-state index in [1.807, 2.05) is 49.4 Å². The molecule has 0 radical (unpaired) electrons. The van der Waals surface area contributed by atoms with Crippen LogP contribution in [0.5, 0.6) is 5.75 Å². The van der Waals surface area contributed by atoms with Crippen molar-refractivity contribution in [2.75, 3.05) is 0 Å². The molecule has 0 fully saturated rings. The summed E-state index contributed by atoms with van der Waals surface area (Å²) in [5.74, 6) is 0.755. The van der Waals surface area contributed by atoms with Gasteiger partial charge in [-0.3, -0.25) is 0 Å². The van der Waals surface area contributed by atoms with Crippen molar-refractivity contribution >= 4 is 15.9 Å². The normalized spacial score (nSPS) is 16.2. The van der Waals surface area contributed by atoms with Crippen molar-refractivity contribution in [1.29, 1.82) is 0 Å². The van der Waals surface area contributed by atoms with Crippen molar-refractivity contribution in [1.82, 2.24) is 0 Å². The number of benzene rings is 3. The highest BCUT2D eigenvalue weighted by molar-refractivity contribution is 9.10. The van der Waals surface area contributed by atoms with Gasteiger partial charge in [0.1, 0.15) is 17.7 Å². The Balaban J connectivity index is 1.60. The third-order valence-electron chi connectivity index (χ3n) is 4.69. The lowest BCUT2D eigenvalue weighted by atomic mass is 9.95. The molecule has 0 aliphatic carbocycles. The quantitative estimate of drug-likeness (QED) is 0.472. The predicted octanol–water partition coefficient (Wildman–Crippen LogP) is 6.63. The minimum absolute atomic E-state index is 0.0400. The van der Waals surface area contributed by atoms with Gasteiger partial charge in [-0.2, -0.15) is 0 Å². The number of rotatable bonds is 2. The molecule has 126 valence electrons. The maximum atomic E-state index is 14.1. The van der Waals surface area contributed by atoms with Crippen molar-refractivity contribution in [3.8, 4) is 16.9 Å². The summed E-state index contributed by atoms with van der Waals surface area (Å²) in [7, 11) is 0. The van der Waals surface area contributed by atoms with E-state index < -0.39 is 0 Å². The fourth-order valence-corrected chi connectivity index (χ4v) is 3.66. The molecule has 0 saturated heterocycles. The van der Waals surface area contributed by atoms with Crippen molar-refractivity contribution in [2.24, 2.45) is 0 Å². The number of halogens is 2. The molecule has 1 heterocycles. The standard InChI is InChI=1S/C22H18BrFO/c1-14-2-10-20(24)19(12-14)15-3-5-16(6-4-15)21-11-8-17-7-9-18(23)13-22(17)25-21/h2-7,9-10,12-13,21H,8,11H2,1H3. The van der Waals surface area contributed by atoms with E-state index in [2.05, 4.69) is 22.0 Å². The summed E-state index contributed by atoms with van der Waals surface area (Å²) >= 11 is 3.50. The van der Waals surface area contributed by atoms with Crippen molar-refractivity contribution in [3.05, 3.63) is 87.6 Å². The SMILES string of the molecule is Cc1ccc(F)c(-c2ccc(C3CCc4ccc(Br)cc4O3)cc2)c1. The summed E-state index contributed by atoms with van der Waals surface area (Å²) in [5.41, 5.74) is 4.97. The summed E-state index contributed by atoms with van der Waals surface area (Å²) in [5, 5.41) is 0. The molecule has 1 atom stereocenters. The maximum Gasteiger partial charge on any atom is 0.131 e. The van der Waals surface area contributed by atoms with Gasteiger partial charge in [0.15, 0.2) is 0 Å². The molecule has 1 aliphatic rings. The van der Waals surface area contributed by atoms with Gasteiger partial charge in [0.05, 0.1) is 0 Å². The van der Waals surface area contributed by atoms with E-state index in [0.717, 1.165) is 39.8 Å². The smallest absolute Gasteiger partial charge is 0.131 e. The van der Waals surface area contributed by atoms with Gasteiger partial charge in [0.2, 0.25) is 0 Å². The van der Waals surface area contributed by atoms with Crippen LogP contribution in [0.15, 0.2) is 65.1 Å². The number of fused-ring (bicyclic) bond motifs is 1. The van der Waals surface area contributed by atoms with Crippen LogP contribution in [0, 0.1) is 12.7 Å². The highest BCUT2D eigenvalue weighted by atomic mass is 79.9. The minimum Gasteiger partial charge on any atom is -0.485 e. The van der Waals surface area contributed by atoms with Gasteiger partial charge >= 0.3 is 0 Å². The molecule has 0 bridgehead atoms. The van der Waals surface area contributed by atoms with Crippen LogP contribution in [0.1, 0.15) is 29.2 Å². The maximum absolute atomic E-state index is 14.1. The Morgan fingerprint density at radius 2 is 1.80 bits per heavy atom. The zero-order valence-electron chi connectivity index (χ0n) is 13.9. The molecule has 3 aromatic rings. The summed E-state index contributed by atoms with van der Waals surface area (Å²) < 4.78 is 21.3. The molecule has 3 heteroatoms. The van der Waals surface area contributed by atoms with Crippen LogP contribution in [0.25, 0.3) is 11.1 Å². The van der Waals surface area contributed by atoms with Gasteiger partial charge in [0, 0.05) is 10.0 Å². The third kappa shape index (κ3) is 3.34. The molecule has 25 heavy (non-hydrogen) atoms. The zero-order chi connectivity index (χ0) is 17.4. The molecule has 0 aromatic heterocycles. The Morgan fingerprint density at radius 1 is 1.00 bits per heavy atom. The second-order valence-corrected chi connectivity index (χ2v) is 7.42. The third-order valence-corrected chi connectivity index (χ3v) is 5.18. The Labute approximate surface area is 155 Å². The lowest BCUT2D eigenvalue weighted by Crippen LogP contribution is -2.15. The van der Waals surface area contributed by atoms with Crippen LogP contribution in [-0.2, 0) is 6.42 Å². The fraction of sp³-hybridized carbons (Fsp3) is 0.182. The van der Waals surface area contributed by atoms with Gasteiger partial charge in [0.25, 0.3) is 0 Å². The fourth-order valence-electron chi connectivity index (χ4n) is 3.32. The van der Waals surface area contributed by atoms with Crippen LogP contribution in [0.2, 0.25) is 0 Å². The predicted molar refractivity (Wildman–Crippen MR) is 102 cm³/mol. The van der Waals surface area contributed by atoms with Crippen LogP contribution in [0.3, 0.4) is 0 Å². The second kappa shape index (κ2) is 6.64. The average Bonchev–Trinajstić information content (AvgIpc) is 2.63. The Bertz CT molecular complexity index is 918. The molecule has 0 saturated carbocycles. The second-order valence-electron chi connectivity index (χ2n) is 6.50. The van der Waals surface area contributed by atoms with E-state index in [1.54, 1.807) is 6.07 Å². The van der Waals surface area contributed by atoms with Crippen molar-refractivity contribution in [2.45, 2.75) is 25.9 Å². The number of aryl methyl sites for hydroxylation is 2. The zero-order valence-corrected chi connectivity index (χ0v) is 15.5. The molecule has 3 aromatic carbocycles. The van der Waals surface area contributed by atoms with Crippen molar-refractivity contribution in [3.63, 3.8) is 0 Å².